The largest absolute Gasteiger partial charge is 0.452 e. The highest BCUT2D eigenvalue weighted by Gasteiger charge is 2.11. The molecular formula is C17H14ClN3O3. The number of carbonyl (C=O) groups excluding carboxylic acids is 2. The Balaban J connectivity index is 1.87. The van der Waals surface area contributed by atoms with Gasteiger partial charge in [0.05, 0.1) is 28.8 Å². The molecule has 0 aromatic heterocycles. The first-order valence-corrected chi connectivity index (χ1v) is 7.35. The number of benzene rings is 2. The second kappa shape index (κ2) is 7.99. The summed E-state index contributed by atoms with van der Waals surface area (Å²) in [5.41, 5.74) is 7.48. The Labute approximate surface area is 143 Å². The number of esters is 1. The minimum absolute atomic E-state index is 0.213. The third-order valence-corrected chi connectivity index (χ3v) is 3.43. The van der Waals surface area contributed by atoms with E-state index in [4.69, 9.17) is 27.3 Å². The number of rotatable bonds is 5. The van der Waals surface area contributed by atoms with E-state index in [9.17, 15) is 9.59 Å². The highest BCUT2D eigenvalue weighted by molar-refractivity contribution is 6.33. The average Bonchev–Trinajstić information content (AvgIpc) is 2.57. The number of nitrogens with two attached hydrogens (primary N) is 1. The Kier molecular flexibility index (Phi) is 5.77. The van der Waals surface area contributed by atoms with Crippen molar-refractivity contribution in [3.63, 3.8) is 0 Å². The number of nitrogens with one attached hydrogen (secondary N) is 1. The lowest BCUT2D eigenvalue weighted by molar-refractivity contribution is -0.119. The Bertz CT molecular complexity index is 798. The number of halogens is 1. The van der Waals surface area contributed by atoms with E-state index in [1.54, 1.807) is 24.3 Å². The minimum Gasteiger partial charge on any atom is -0.452 e. The van der Waals surface area contributed by atoms with E-state index in [0.717, 1.165) is 5.56 Å². The third-order valence-electron chi connectivity index (χ3n) is 3.09. The number of amides is 1. The Morgan fingerprint density at radius 3 is 2.54 bits per heavy atom. The van der Waals surface area contributed by atoms with Gasteiger partial charge in [0.25, 0.3) is 5.91 Å². The summed E-state index contributed by atoms with van der Waals surface area (Å²) in [7, 11) is 0. The van der Waals surface area contributed by atoms with Gasteiger partial charge in [0, 0.05) is 5.69 Å². The van der Waals surface area contributed by atoms with Crippen LogP contribution >= 0.6 is 11.6 Å². The van der Waals surface area contributed by atoms with Crippen LogP contribution in [0.3, 0.4) is 0 Å². The third kappa shape index (κ3) is 4.73. The summed E-state index contributed by atoms with van der Waals surface area (Å²) in [5, 5.41) is 11.5. The highest BCUT2D eigenvalue weighted by Crippen LogP contribution is 2.19. The van der Waals surface area contributed by atoms with Crippen LogP contribution in [-0.4, -0.2) is 18.5 Å². The van der Waals surface area contributed by atoms with Gasteiger partial charge in [-0.2, -0.15) is 5.26 Å². The van der Waals surface area contributed by atoms with Crippen molar-refractivity contribution < 1.29 is 14.3 Å². The summed E-state index contributed by atoms with van der Waals surface area (Å²) in [6, 6.07) is 13.2. The molecule has 0 bridgehead atoms. The van der Waals surface area contributed by atoms with E-state index in [1.165, 1.54) is 18.2 Å². The maximum Gasteiger partial charge on any atom is 0.338 e. The quantitative estimate of drug-likeness (QED) is 0.641. The standard InChI is InChI=1S/C17H14ClN3O3/c18-14-6-3-12(9-15(14)20)17(23)24-10-16(22)21-13-4-1-11(2-5-13)7-8-19/h1-6,9H,7,10,20H2,(H,21,22). The van der Waals surface area contributed by atoms with Crippen LogP contribution in [-0.2, 0) is 16.0 Å². The molecule has 2 rings (SSSR count). The Morgan fingerprint density at radius 2 is 1.92 bits per heavy atom. The molecule has 0 atom stereocenters. The summed E-state index contributed by atoms with van der Waals surface area (Å²) >= 11 is 5.77. The molecule has 1 amide bonds. The molecule has 7 heteroatoms. The van der Waals surface area contributed by atoms with E-state index < -0.39 is 18.5 Å². The second-order valence-electron chi connectivity index (χ2n) is 4.89. The molecule has 2 aromatic carbocycles. The smallest absolute Gasteiger partial charge is 0.338 e. The van der Waals surface area contributed by atoms with Gasteiger partial charge in [0.1, 0.15) is 0 Å². The fourth-order valence-corrected chi connectivity index (χ4v) is 2.00. The summed E-state index contributed by atoms with van der Waals surface area (Å²) in [5.74, 6) is -1.14. The monoisotopic (exact) mass is 343 g/mol. The van der Waals surface area contributed by atoms with Crippen molar-refractivity contribution in [3.05, 3.63) is 58.6 Å². The number of ether oxygens (including phenoxy) is 1. The number of hydrogen-bond donors (Lipinski definition) is 2. The molecule has 122 valence electrons. The molecule has 2 aromatic rings. The molecule has 0 saturated carbocycles. The molecule has 0 spiro atoms. The normalized spacial score (nSPS) is 9.83. The molecule has 6 nitrogen and oxygen atoms in total. The van der Waals surface area contributed by atoms with Crippen LogP contribution in [0.15, 0.2) is 42.5 Å². The lowest BCUT2D eigenvalue weighted by atomic mass is 10.1. The van der Waals surface area contributed by atoms with Gasteiger partial charge in [-0.15, -0.1) is 0 Å². The van der Waals surface area contributed by atoms with Crippen molar-refractivity contribution >= 4 is 34.9 Å². The number of nitriles is 1. The van der Waals surface area contributed by atoms with Crippen molar-refractivity contribution in [1.29, 1.82) is 5.26 Å². The molecule has 0 aliphatic rings. The van der Waals surface area contributed by atoms with Gasteiger partial charge in [0.2, 0.25) is 0 Å². The summed E-state index contributed by atoms with van der Waals surface area (Å²) < 4.78 is 4.93. The molecule has 0 aliphatic carbocycles. The van der Waals surface area contributed by atoms with Crippen molar-refractivity contribution in [3.8, 4) is 6.07 Å². The van der Waals surface area contributed by atoms with E-state index in [-0.39, 0.29) is 11.3 Å². The van der Waals surface area contributed by atoms with Crippen LogP contribution in [0.4, 0.5) is 11.4 Å². The zero-order valence-electron chi connectivity index (χ0n) is 12.6. The molecule has 0 fully saturated rings. The molecule has 0 radical (unpaired) electrons. The van der Waals surface area contributed by atoms with Crippen molar-refractivity contribution in [2.45, 2.75) is 6.42 Å². The number of hydrogen-bond acceptors (Lipinski definition) is 5. The zero-order chi connectivity index (χ0) is 17.5. The first-order chi connectivity index (χ1) is 11.5. The van der Waals surface area contributed by atoms with E-state index in [0.29, 0.717) is 17.1 Å². The average molecular weight is 344 g/mol. The van der Waals surface area contributed by atoms with Crippen molar-refractivity contribution in [2.24, 2.45) is 0 Å². The van der Waals surface area contributed by atoms with Gasteiger partial charge in [-0.05, 0) is 35.9 Å². The Hall–Kier alpha value is -3.04. The molecule has 0 aliphatic heterocycles. The van der Waals surface area contributed by atoms with Gasteiger partial charge in [0.15, 0.2) is 6.61 Å². The first kappa shape index (κ1) is 17.3. The van der Waals surface area contributed by atoms with Crippen LogP contribution in [0, 0.1) is 11.3 Å². The predicted octanol–water partition coefficient (Wildman–Crippen LogP) is 2.78. The van der Waals surface area contributed by atoms with Crippen LogP contribution in [0.5, 0.6) is 0 Å². The maximum atomic E-state index is 11.9. The fraction of sp³-hybridized carbons (Fsp3) is 0.118. The highest BCUT2D eigenvalue weighted by atomic mass is 35.5. The van der Waals surface area contributed by atoms with Crippen molar-refractivity contribution in [1.82, 2.24) is 0 Å². The van der Waals surface area contributed by atoms with Gasteiger partial charge >= 0.3 is 5.97 Å². The summed E-state index contributed by atoms with van der Waals surface area (Å²) in [6.07, 6.45) is 0.302. The van der Waals surface area contributed by atoms with Crippen LogP contribution < -0.4 is 11.1 Å². The topological polar surface area (TPSA) is 105 Å². The lowest BCUT2D eigenvalue weighted by Gasteiger charge is -2.08. The summed E-state index contributed by atoms with van der Waals surface area (Å²) in [4.78, 5) is 23.6. The molecule has 0 heterocycles. The Morgan fingerprint density at radius 1 is 1.21 bits per heavy atom. The van der Waals surface area contributed by atoms with Crippen LogP contribution in [0.1, 0.15) is 15.9 Å². The van der Waals surface area contributed by atoms with Gasteiger partial charge in [-0.1, -0.05) is 23.7 Å². The van der Waals surface area contributed by atoms with Gasteiger partial charge in [-0.25, -0.2) is 4.79 Å². The van der Waals surface area contributed by atoms with Crippen molar-refractivity contribution in [2.75, 3.05) is 17.7 Å². The SMILES string of the molecule is N#CCc1ccc(NC(=O)COC(=O)c2ccc(Cl)c(N)c2)cc1. The number of nitrogen functional groups attached to an aromatic ring is 1. The van der Waals surface area contributed by atoms with E-state index in [2.05, 4.69) is 5.32 Å². The molecule has 3 N–H and O–H groups in total. The molecule has 24 heavy (non-hydrogen) atoms. The lowest BCUT2D eigenvalue weighted by Crippen LogP contribution is -2.21. The summed E-state index contributed by atoms with van der Waals surface area (Å²) in [6.45, 7) is -0.429. The number of anilines is 2. The molecular weight excluding hydrogens is 330 g/mol. The van der Waals surface area contributed by atoms with Crippen LogP contribution in [0.2, 0.25) is 5.02 Å². The number of carbonyl (C=O) groups is 2. The second-order valence-corrected chi connectivity index (χ2v) is 5.30. The first-order valence-electron chi connectivity index (χ1n) is 6.97. The van der Waals surface area contributed by atoms with E-state index in [1.807, 2.05) is 6.07 Å². The number of nitrogens with zero attached hydrogens (tertiary/aromatic N) is 1. The minimum atomic E-state index is -0.669. The molecule has 0 unspecified atom stereocenters. The van der Waals surface area contributed by atoms with Crippen LogP contribution in [0.25, 0.3) is 0 Å². The van der Waals surface area contributed by atoms with Gasteiger partial charge in [-0.3, -0.25) is 4.79 Å². The zero-order valence-corrected chi connectivity index (χ0v) is 13.3. The maximum absolute atomic E-state index is 11.9. The molecule has 0 saturated heterocycles. The fourth-order valence-electron chi connectivity index (χ4n) is 1.88. The predicted molar refractivity (Wildman–Crippen MR) is 90.5 cm³/mol. The van der Waals surface area contributed by atoms with E-state index >= 15 is 0 Å². The van der Waals surface area contributed by atoms with Gasteiger partial charge < -0.3 is 15.8 Å².